The van der Waals surface area contributed by atoms with Gasteiger partial charge in [-0.25, -0.2) is 0 Å². The molecule has 0 saturated heterocycles. The molecule has 2 aliphatic carbocycles. The van der Waals surface area contributed by atoms with Crippen molar-refractivity contribution in [1.29, 1.82) is 0 Å². The Morgan fingerprint density at radius 1 is 0.268 bits per heavy atom. The molecule has 0 bridgehead atoms. The second-order valence-electron chi connectivity index (χ2n) is 25.8. The van der Waals surface area contributed by atoms with Gasteiger partial charge in [0.05, 0.1) is 38.9 Å². The van der Waals surface area contributed by atoms with Crippen molar-refractivity contribution < 1.29 is 22.8 Å². The monoisotopic (exact) mass is 1500 g/mol. The molecule has 0 amide bonds. The molecule has 97 heavy (non-hydrogen) atoms. The smallest absolute Gasteiger partial charge is 0.144 e. The second-order valence-corrected chi connectivity index (χ2v) is 29.2. The SMILES string of the molecule is Brc1cc2c(c3oc4ccccc4c13)-c1c(cc(Br)c3c1oc1ccccc13)C21c2ccccc2-n2c3ccccc3c3cccc1c32.OC1(c2ccccc2-n2c3ccccc3c3ccccc32)c2cc(Br)c3c(oc4ccccc43)c2-c2c1cc(Br)c1c2oc2ccccc21. The summed E-state index contributed by atoms with van der Waals surface area (Å²) in [4.78, 5) is 0. The van der Waals surface area contributed by atoms with E-state index >= 15 is 0 Å². The predicted octanol–water partition coefficient (Wildman–Crippen LogP) is 25.2. The van der Waals surface area contributed by atoms with Crippen molar-refractivity contribution in [1.82, 2.24) is 9.13 Å². The van der Waals surface area contributed by atoms with Crippen molar-refractivity contribution in [2.24, 2.45) is 0 Å². The summed E-state index contributed by atoms with van der Waals surface area (Å²) in [6.07, 6.45) is 0. The maximum absolute atomic E-state index is 13.8. The third-order valence-electron chi connectivity index (χ3n) is 21.3. The van der Waals surface area contributed by atoms with E-state index in [4.69, 9.17) is 17.7 Å². The zero-order chi connectivity index (χ0) is 64.1. The van der Waals surface area contributed by atoms with E-state index < -0.39 is 11.0 Å². The Kier molecular flexibility index (Phi) is 11.0. The maximum atomic E-state index is 13.8. The number of aromatic nitrogens is 2. The number of benzene rings is 14. The van der Waals surface area contributed by atoms with Crippen LogP contribution in [0.4, 0.5) is 0 Å². The molecule has 456 valence electrons. The summed E-state index contributed by atoms with van der Waals surface area (Å²) in [6.45, 7) is 0. The topological polar surface area (TPSA) is 82.6 Å². The molecule has 6 aromatic heterocycles. The van der Waals surface area contributed by atoms with Gasteiger partial charge in [-0.15, -0.1) is 0 Å². The molecule has 0 saturated carbocycles. The minimum Gasteiger partial charge on any atom is -0.455 e. The maximum Gasteiger partial charge on any atom is 0.144 e. The Balaban J connectivity index is 0.000000125. The molecule has 3 aliphatic rings. The number of furan rings is 4. The highest BCUT2D eigenvalue weighted by molar-refractivity contribution is 9.11. The van der Waals surface area contributed by atoms with Crippen LogP contribution in [0.3, 0.4) is 0 Å². The van der Waals surface area contributed by atoms with Crippen LogP contribution in [0.25, 0.3) is 165 Å². The molecule has 1 aliphatic heterocycles. The fraction of sp³-hybridized carbons (Fsp3) is 0.0233. The van der Waals surface area contributed by atoms with Crippen molar-refractivity contribution in [2.45, 2.75) is 11.0 Å². The zero-order valence-corrected chi connectivity index (χ0v) is 57.2. The highest BCUT2D eigenvalue weighted by atomic mass is 79.9. The molecule has 0 radical (unpaired) electrons. The van der Waals surface area contributed by atoms with Crippen LogP contribution < -0.4 is 0 Å². The minimum atomic E-state index is -1.58. The first kappa shape index (κ1) is 55.0. The van der Waals surface area contributed by atoms with Crippen LogP contribution >= 0.6 is 63.7 Å². The first-order valence-electron chi connectivity index (χ1n) is 32.2. The largest absolute Gasteiger partial charge is 0.455 e. The summed E-state index contributed by atoms with van der Waals surface area (Å²) in [5.74, 6) is 0. The van der Waals surface area contributed by atoms with Gasteiger partial charge in [-0.05, 0) is 133 Å². The lowest BCUT2D eigenvalue weighted by Crippen LogP contribution is -2.33. The molecular weight excluding hydrogens is 1460 g/mol. The summed E-state index contributed by atoms with van der Waals surface area (Å²) in [6, 6.07) is 91.4. The Morgan fingerprint density at radius 2 is 0.567 bits per heavy atom. The van der Waals surface area contributed by atoms with E-state index in [1.54, 1.807) is 0 Å². The second kappa shape index (κ2) is 19.5. The van der Waals surface area contributed by atoms with Gasteiger partial charge in [0.1, 0.15) is 50.3 Å². The van der Waals surface area contributed by atoms with Crippen molar-refractivity contribution in [3.8, 4) is 33.6 Å². The van der Waals surface area contributed by atoms with E-state index in [0.29, 0.717) is 11.2 Å². The number of halogens is 4. The van der Waals surface area contributed by atoms with E-state index in [0.717, 1.165) is 161 Å². The van der Waals surface area contributed by atoms with E-state index in [1.807, 2.05) is 66.7 Å². The molecule has 0 unspecified atom stereocenters. The minimum absolute atomic E-state index is 0.656. The van der Waals surface area contributed by atoms with Gasteiger partial charge in [0.25, 0.3) is 0 Å². The molecule has 1 N–H and O–H groups in total. The Bertz CT molecular complexity index is 6690. The van der Waals surface area contributed by atoms with Gasteiger partial charge in [-0.2, -0.15) is 0 Å². The Hall–Kier alpha value is -10.2. The summed E-state index contributed by atoms with van der Waals surface area (Å²) < 4.78 is 35.8. The van der Waals surface area contributed by atoms with Gasteiger partial charge >= 0.3 is 0 Å². The molecule has 11 heteroatoms. The number of rotatable bonds is 2. The highest BCUT2D eigenvalue weighted by Crippen LogP contribution is 2.66. The summed E-state index contributed by atoms with van der Waals surface area (Å²) in [7, 11) is 0. The molecule has 0 atom stereocenters. The van der Waals surface area contributed by atoms with Gasteiger partial charge < -0.3 is 31.9 Å². The number of aliphatic hydroxyl groups is 1. The van der Waals surface area contributed by atoms with Gasteiger partial charge in [0, 0.05) is 121 Å². The van der Waals surface area contributed by atoms with Crippen LogP contribution in [0.1, 0.15) is 38.9 Å². The first-order valence-corrected chi connectivity index (χ1v) is 35.4. The van der Waals surface area contributed by atoms with Crippen LogP contribution in [-0.4, -0.2) is 14.2 Å². The predicted molar refractivity (Wildman–Crippen MR) is 406 cm³/mol. The molecular formula is C86H44Br4N2O5. The molecule has 14 aromatic carbocycles. The summed E-state index contributed by atoms with van der Waals surface area (Å²) >= 11 is 16.0. The molecule has 1 spiro atoms. The lowest BCUT2D eigenvalue weighted by atomic mass is 9.65. The van der Waals surface area contributed by atoms with Gasteiger partial charge in [0.15, 0.2) is 0 Å². The zero-order valence-electron chi connectivity index (χ0n) is 50.8. The lowest BCUT2D eigenvalue weighted by molar-refractivity contribution is 0.130. The Labute approximate surface area is 584 Å². The van der Waals surface area contributed by atoms with Crippen LogP contribution in [0.2, 0.25) is 0 Å². The molecule has 7 heterocycles. The van der Waals surface area contributed by atoms with Crippen LogP contribution in [0, 0.1) is 0 Å². The lowest BCUT2D eigenvalue weighted by Gasteiger charge is -2.39. The Morgan fingerprint density at radius 3 is 1.00 bits per heavy atom. The van der Waals surface area contributed by atoms with Crippen molar-refractivity contribution in [2.75, 3.05) is 0 Å². The number of nitrogens with zero attached hydrogens (tertiary/aromatic N) is 2. The van der Waals surface area contributed by atoms with E-state index in [-0.39, 0.29) is 0 Å². The third kappa shape index (κ3) is 6.83. The fourth-order valence-electron chi connectivity index (χ4n) is 17.6. The van der Waals surface area contributed by atoms with Gasteiger partial charge in [-0.3, -0.25) is 0 Å². The average molecular weight is 1500 g/mol. The molecule has 0 fully saturated rings. The average Bonchev–Trinajstić information content (AvgIpc) is 1.51. The third-order valence-corrected chi connectivity index (χ3v) is 23.8. The highest BCUT2D eigenvalue weighted by Gasteiger charge is 2.54. The summed E-state index contributed by atoms with van der Waals surface area (Å²) in [5.41, 5.74) is 21.8. The van der Waals surface area contributed by atoms with Crippen molar-refractivity contribution >= 4 is 195 Å². The van der Waals surface area contributed by atoms with Crippen LogP contribution in [0.15, 0.2) is 296 Å². The molecule has 7 nitrogen and oxygen atoms in total. The normalized spacial score (nSPS) is 14.0. The van der Waals surface area contributed by atoms with E-state index in [1.165, 1.54) is 49.7 Å². The molecule has 20 aromatic rings. The van der Waals surface area contributed by atoms with E-state index in [2.05, 4.69) is 267 Å². The number of hydrogen-bond donors (Lipinski definition) is 1. The number of fused-ring (bicyclic) bond motifs is 34. The van der Waals surface area contributed by atoms with Gasteiger partial charge in [-0.1, -0.05) is 214 Å². The first-order chi connectivity index (χ1) is 47.7. The van der Waals surface area contributed by atoms with Crippen molar-refractivity contribution in [3.05, 3.63) is 318 Å². The van der Waals surface area contributed by atoms with Crippen LogP contribution in [-0.2, 0) is 11.0 Å². The standard InChI is InChI=1S/C43H23Br2NO3.C43H21Br2NO2/c44-30-21-28-39(41-37(30)25-13-3-9-19-35(25)48-41)40-29(22-31(45)38-26-14-4-10-20-36(26)49-42(38)40)43(28,47)27-15-5-8-18-34(27)46-32-16-6-1-11-23(32)24-12-2-7-17-33(24)46;44-30-20-28-38(41-36(30)24-11-2-7-18-34(24)47-41)39-29(21-31(45)37-25-12-3-8-19-35(25)48-42(37)39)43(28)26-14-4-6-17-33(26)46-32-16-5-1-10-22(32)23-13-9-15-27(43)40(23)46/h1-22,47H;1-21H. The number of hydrogen-bond acceptors (Lipinski definition) is 5. The van der Waals surface area contributed by atoms with Crippen molar-refractivity contribution in [3.63, 3.8) is 0 Å². The molecule has 23 rings (SSSR count). The summed E-state index contributed by atoms with van der Waals surface area (Å²) in [5, 5.41) is 26.9. The quantitative estimate of drug-likeness (QED) is 0.186. The van der Waals surface area contributed by atoms with Gasteiger partial charge in [0.2, 0.25) is 0 Å². The van der Waals surface area contributed by atoms with E-state index in [9.17, 15) is 5.11 Å². The number of para-hydroxylation sites is 10. The fourth-order valence-corrected chi connectivity index (χ4v) is 20.1. The van der Waals surface area contributed by atoms with Crippen LogP contribution in [0.5, 0.6) is 0 Å².